The predicted molar refractivity (Wildman–Crippen MR) is 74.9 cm³/mol. The second kappa shape index (κ2) is 5.81. The summed E-state index contributed by atoms with van der Waals surface area (Å²) in [5, 5.41) is 4.38. The Kier molecular flexibility index (Phi) is 4.13. The Morgan fingerprint density at radius 3 is 2.68 bits per heavy atom. The first kappa shape index (κ1) is 13.5. The van der Waals surface area contributed by atoms with E-state index in [-0.39, 0.29) is 17.3 Å². The van der Waals surface area contributed by atoms with Crippen molar-refractivity contribution < 1.29 is 4.79 Å². The smallest absolute Gasteiger partial charge is 0.304 e. The molecule has 0 bridgehead atoms. The molecule has 0 radical (unpaired) electrons. The number of rotatable bonds is 4. The highest BCUT2D eigenvalue weighted by atomic mass is 32.1. The maximum atomic E-state index is 11.9. The molecule has 1 heterocycles. The van der Waals surface area contributed by atoms with E-state index in [0.29, 0.717) is 5.69 Å². The molecule has 100 valence electrons. The van der Waals surface area contributed by atoms with Gasteiger partial charge in [0.1, 0.15) is 6.04 Å². The van der Waals surface area contributed by atoms with Crippen LogP contribution in [-0.4, -0.2) is 10.9 Å². The topological polar surface area (TPSA) is 88.0 Å². The molecule has 2 rings (SSSR count). The van der Waals surface area contributed by atoms with Gasteiger partial charge < -0.3 is 16.0 Å². The SMILES string of the molecule is Cc1ccc(C(N)C(=O)NCc2csc(=O)[nH]2)cc1. The van der Waals surface area contributed by atoms with Crippen molar-refractivity contribution in [2.75, 3.05) is 0 Å². The van der Waals surface area contributed by atoms with E-state index in [9.17, 15) is 9.59 Å². The summed E-state index contributed by atoms with van der Waals surface area (Å²) in [5.74, 6) is -0.268. The summed E-state index contributed by atoms with van der Waals surface area (Å²) in [4.78, 5) is 25.3. The molecule has 0 saturated carbocycles. The van der Waals surface area contributed by atoms with Gasteiger partial charge in [0.2, 0.25) is 5.91 Å². The summed E-state index contributed by atoms with van der Waals surface area (Å²) in [5.41, 5.74) is 8.44. The number of nitrogens with one attached hydrogen (secondary N) is 2. The van der Waals surface area contributed by atoms with Gasteiger partial charge >= 0.3 is 4.87 Å². The van der Waals surface area contributed by atoms with Crippen LogP contribution in [0.3, 0.4) is 0 Å². The quantitative estimate of drug-likeness (QED) is 0.781. The average molecular weight is 277 g/mol. The second-order valence-corrected chi connectivity index (χ2v) is 5.12. The molecule has 0 saturated heterocycles. The number of amides is 1. The number of thiazole rings is 1. The maximum Gasteiger partial charge on any atom is 0.304 e. The lowest BCUT2D eigenvalue weighted by atomic mass is 10.1. The number of benzene rings is 1. The number of hydrogen-bond acceptors (Lipinski definition) is 4. The van der Waals surface area contributed by atoms with E-state index in [1.54, 1.807) is 5.38 Å². The minimum absolute atomic E-state index is 0.132. The van der Waals surface area contributed by atoms with Crippen molar-refractivity contribution in [3.63, 3.8) is 0 Å². The zero-order valence-corrected chi connectivity index (χ0v) is 11.3. The van der Waals surface area contributed by atoms with Crippen LogP contribution < -0.4 is 15.9 Å². The van der Waals surface area contributed by atoms with E-state index in [2.05, 4.69) is 10.3 Å². The Morgan fingerprint density at radius 1 is 1.42 bits per heavy atom. The van der Waals surface area contributed by atoms with E-state index in [1.165, 1.54) is 0 Å². The molecule has 6 heteroatoms. The number of carbonyl (C=O) groups excluding carboxylic acids is 1. The third-order valence-electron chi connectivity index (χ3n) is 2.74. The highest BCUT2D eigenvalue weighted by molar-refractivity contribution is 7.07. The highest BCUT2D eigenvalue weighted by Crippen LogP contribution is 2.11. The molecule has 4 N–H and O–H groups in total. The van der Waals surface area contributed by atoms with E-state index < -0.39 is 6.04 Å². The average Bonchev–Trinajstić information content (AvgIpc) is 2.82. The van der Waals surface area contributed by atoms with E-state index >= 15 is 0 Å². The van der Waals surface area contributed by atoms with Crippen LogP contribution >= 0.6 is 11.3 Å². The molecule has 0 spiro atoms. The molecule has 0 fully saturated rings. The fourth-order valence-corrected chi connectivity index (χ4v) is 2.20. The van der Waals surface area contributed by atoms with Crippen molar-refractivity contribution in [1.29, 1.82) is 0 Å². The molecule has 1 unspecified atom stereocenters. The van der Waals surface area contributed by atoms with E-state index in [4.69, 9.17) is 5.73 Å². The zero-order valence-electron chi connectivity index (χ0n) is 10.5. The van der Waals surface area contributed by atoms with Crippen molar-refractivity contribution in [2.45, 2.75) is 19.5 Å². The maximum absolute atomic E-state index is 11.9. The number of H-pyrrole nitrogens is 1. The van der Waals surface area contributed by atoms with Gasteiger partial charge in [-0.2, -0.15) is 0 Å². The third-order valence-corrected chi connectivity index (χ3v) is 3.46. The number of hydrogen-bond donors (Lipinski definition) is 3. The molecular weight excluding hydrogens is 262 g/mol. The van der Waals surface area contributed by atoms with Crippen molar-refractivity contribution in [2.24, 2.45) is 5.73 Å². The lowest BCUT2D eigenvalue weighted by Gasteiger charge is -2.12. The van der Waals surface area contributed by atoms with Crippen LogP contribution in [0.15, 0.2) is 34.4 Å². The fraction of sp³-hybridized carbons (Fsp3) is 0.231. The van der Waals surface area contributed by atoms with Crippen LogP contribution in [0.1, 0.15) is 22.9 Å². The molecule has 2 aromatic rings. The molecule has 1 atom stereocenters. The molecule has 1 amide bonds. The van der Waals surface area contributed by atoms with Gasteiger partial charge in [-0.05, 0) is 12.5 Å². The first-order valence-corrected chi connectivity index (χ1v) is 6.71. The summed E-state index contributed by atoms with van der Waals surface area (Å²) >= 11 is 1.07. The van der Waals surface area contributed by atoms with Crippen molar-refractivity contribution in [3.05, 3.63) is 56.1 Å². The normalized spacial score (nSPS) is 12.1. The molecule has 5 nitrogen and oxygen atoms in total. The van der Waals surface area contributed by atoms with E-state index in [1.807, 2.05) is 31.2 Å². The Morgan fingerprint density at radius 2 is 2.11 bits per heavy atom. The molecule has 1 aromatic heterocycles. The molecule has 0 aliphatic heterocycles. The van der Waals surface area contributed by atoms with Gasteiger partial charge in [0.25, 0.3) is 0 Å². The number of nitrogens with two attached hydrogens (primary N) is 1. The zero-order chi connectivity index (χ0) is 13.8. The monoisotopic (exact) mass is 277 g/mol. The summed E-state index contributed by atoms with van der Waals surface area (Å²) in [6, 6.07) is 6.81. The van der Waals surface area contributed by atoms with Gasteiger partial charge in [0, 0.05) is 11.1 Å². The van der Waals surface area contributed by atoms with Gasteiger partial charge in [0.05, 0.1) is 6.54 Å². The molecule has 19 heavy (non-hydrogen) atoms. The number of aryl methyl sites for hydroxylation is 1. The Labute approximate surface area is 114 Å². The van der Waals surface area contributed by atoms with E-state index in [0.717, 1.165) is 22.5 Å². The molecule has 0 aliphatic rings. The Bertz CT molecular complexity index is 615. The minimum Gasteiger partial charge on any atom is -0.349 e. The van der Waals surface area contributed by atoms with Crippen LogP contribution in [-0.2, 0) is 11.3 Å². The second-order valence-electron chi connectivity index (χ2n) is 4.28. The van der Waals surface area contributed by atoms with Gasteiger partial charge in [-0.1, -0.05) is 41.2 Å². The van der Waals surface area contributed by atoms with Gasteiger partial charge in [-0.15, -0.1) is 0 Å². The van der Waals surface area contributed by atoms with Crippen LogP contribution in [0.4, 0.5) is 0 Å². The lowest BCUT2D eigenvalue weighted by Crippen LogP contribution is -2.33. The van der Waals surface area contributed by atoms with Gasteiger partial charge in [-0.3, -0.25) is 9.59 Å². The fourth-order valence-electron chi connectivity index (χ4n) is 1.62. The number of aromatic amines is 1. The van der Waals surface area contributed by atoms with Crippen LogP contribution in [0.5, 0.6) is 0 Å². The highest BCUT2D eigenvalue weighted by Gasteiger charge is 2.15. The summed E-state index contributed by atoms with van der Waals surface area (Å²) in [6.07, 6.45) is 0. The lowest BCUT2D eigenvalue weighted by molar-refractivity contribution is -0.122. The molecule has 1 aromatic carbocycles. The molecule has 0 aliphatic carbocycles. The summed E-state index contributed by atoms with van der Waals surface area (Å²) in [7, 11) is 0. The van der Waals surface area contributed by atoms with Crippen molar-refractivity contribution in [1.82, 2.24) is 10.3 Å². The standard InChI is InChI=1S/C13H15N3O2S/c1-8-2-4-9(5-3-8)11(14)12(17)15-6-10-7-19-13(18)16-10/h2-5,7,11H,6,14H2,1H3,(H,15,17)(H,16,18). The Hall–Kier alpha value is -1.92. The van der Waals surface area contributed by atoms with Crippen molar-refractivity contribution in [3.8, 4) is 0 Å². The minimum atomic E-state index is -0.703. The number of aromatic nitrogens is 1. The first-order chi connectivity index (χ1) is 9.06. The van der Waals surface area contributed by atoms with Gasteiger partial charge in [0.15, 0.2) is 0 Å². The first-order valence-electron chi connectivity index (χ1n) is 5.83. The Balaban J connectivity index is 1.95. The van der Waals surface area contributed by atoms with Crippen LogP contribution in [0, 0.1) is 6.92 Å². The largest absolute Gasteiger partial charge is 0.349 e. The summed E-state index contributed by atoms with van der Waals surface area (Å²) < 4.78 is 0. The predicted octanol–water partition coefficient (Wildman–Crippen LogP) is 1.06. The van der Waals surface area contributed by atoms with Crippen LogP contribution in [0.2, 0.25) is 0 Å². The van der Waals surface area contributed by atoms with Crippen LogP contribution in [0.25, 0.3) is 0 Å². The summed E-state index contributed by atoms with van der Waals surface area (Å²) in [6.45, 7) is 2.25. The third kappa shape index (κ3) is 3.52. The molecular formula is C13H15N3O2S. The number of carbonyl (C=O) groups is 1. The van der Waals surface area contributed by atoms with Crippen molar-refractivity contribution >= 4 is 17.2 Å². The van der Waals surface area contributed by atoms with Gasteiger partial charge in [-0.25, -0.2) is 0 Å².